The first-order chi connectivity index (χ1) is 64.6. The van der Waals surface area contributed by atoms with E-state index in [1.807, 2.05) is 19.1 Å². The zero-order valence-electron chi connectivity index (χ0n) is 78.6. The molecule has 1 fully saturated rings. The largest absolute Gasteiger partial charge is 0.391 e. The fraction of sp³-hybridized carbons (Fsp3) is 0.484. The van der Waals surface area contributed by atoms with Gasteiger partial charge in [-0.15, -0.1) is 0 Å². The number of pyridine rings is 1. The molecule has 0 unspecified atom stereocenters. The fourth-order valence-corrected chi connectivity index (χ4v) is 18.1. The highest BCUT2D eigenvalue weighted by Gasteiger charge is 2.48. The first kappa shape index (κ1) is 110. The Labute approximate surface area is 800 Å². The molecule has 26 N–H and O–H groups in total. The van der Waals surface area contributed by atoms with Gasteiger partial charge in [0.25, 0.3) is 0 Å². The van der Waals surface area contributed by atoms with Gasteiger partial charge in [-0.05, 0) is 170 Å². The summed E-state index contributed by atoms with van der Waals surface area (Å²) in [5, 5.41) is 50.7. The number of para-hydroxylation sites is 1. The van der Waals surface area contributed by atoms with E-state index >= 15 is 33.6 Å². The molecular weight excluding hydrogens is 1810 g/mol. The first-order valence-corrected chi connectivity index (χ1v) is 47.0. The van der Waals surface area contributed by atoms with Crippen LogP contribution in [0.5, 0.6) is 0 Å². The number of nitrogens with two attached hydrogens (primary N) is 5. The second-order valence-corrected chi connectivity index (χ2v) is 38.8. The Morgan fingerprint density at radius 1 is 0.562 bits per heavy atom. The molecule has 0 saturated carbocycles. The molecule has 137 heavy (non-hydrogen) atoms. The van der Waals surface area contributed by atoms with Gasteiger partial charge < -0.3 is 118 Å². The van der Waals surface area contributed by atoms with Crippen LogP contribution in [-0.4, -0.2) is 253 Å². The van der Waals surface area contributed by atoms with Gasteiger partial charge in [-0.2, -0.15) is 0 Å². The Hall–Kier alpha value is -13.6. The van der Waals surface area contributed by atoms with Crippen LogP contribution in [0.4, 0.5) is 0 Å². The minimum Gasteiger partial charge on any atom is -0.391 e. The molecule has 7 rings (SSSR count). The third-order valence-corrected chi connectivity index (χ3v) is 27.1. The van der Waals surface area contributed by atoms with Crippen LogP contribution < -0.4 is 103 Å². The third-order valence-electron chi connectivity index (χ3n) is 22.8. The first-order valence-electron chi connectivity index (χ1n) is 44.9. The Morgan fingerprint density at radius 3 is 1.77 bits per heavy atom. The predicted molar refractivity (Wildman–Crippen MR) is 512 cm³/mol. The van der Waals surface area contributed by atoms with Crippen molar-refractivity contribution >= 4 is 155 Å². The van der Waals surface area contributed by atoms with Crippen LogP contribution in [-0.2, 0) is 112 Å². The number of benzene rings is 4. The lowest BCUT2D eigenvalue weighted by atomic mass is 9.91. The number of nitrogens with one attached hydrogen (secondary N) is 15. The number of H-pyrrole nitrogens is 1. The molecule has 742 valence electrons. The predicted octanol–water partition coefficient (Wildman–Crippen LogP) is -1.61. The van der Waals surface area contributed by atoms with Gasteiger partial charge in [0, 0.05) is 111 Å². The quantitative estimate of drug-likeness (QED) is 0.0151. The van der Waals surface area contributed by atoms with E-state index in [9.17, 15) is 62.6 Å². The number of aliphatic hydroxyl groups is 1. The average molecular weight is 1940 g/mol. The molecule has 42 nitrogen and oxygen atoms in total. The summed E-state index contributed by atoms with van der Waals surface area (Å²) in [7, 11) is 3.01. The van der Waals surface area contributed by atoms with E-state index in [4.69, 9.17) is 28.7 Å². The van der Waals surface area contributed by atoms with Gasteiger partial charge in [0.05, 0.1) is 25.5 Å². The number of fused-ring (bicyclic) bond motifs is 2. The molecule has 0 bridgehead atoms. The Bertz CT molecular complexity index is 5370. The maximum absolute atomic E-state index is 16.4. The van der Waals surface area contributed by atoms with Gasteiger partial charge in [0.1, 0.15) is 72.0 Å². The second kappa shape index (κ2) is 51.9. The van der Waals surface area contributed by atoms with Crippen molar-refractivity contribution in [3.05, 3.63) is 149 Å². The van der Waals surface area contributed by atoms with E-state index in [1.165, 1.54) is 92.2 Å². The minimum absolute atomic E-state index is 0.0274. The van der Waals surface area contributed by atoms with Gasteiger partial charge in [-0.3, -0.25) is 96.1 Å². The van der Waals surface area contributed by atoms with Crippen molar-refractivity contribution in [1.82, 2.24) is 89.3 Å². The molecule has 1 aliphatic heterocycles. The molecule has 0 aliphatic carbocycles. The summed E-state index contributed by atoms with van der Waals surface area (Å²) < 4.78 is -3.30. The van der Waals surface area contributed by atoms with Crippen molar-refractivity contribution in [3.8, 4) is 0 Å². The molecule has 13 atom stereocenters. The molecule has 1 aliphatic rings. The number of hydrogen-bond donors (Lipinski definition) is 21. The number of aromatic nitrogens is 2. The number of nitrogens with zero attached hydrogens (tertiary/aromatic N) is 2. The molecule has 44 heteroatoms. The summed E-state index contributed by atoms with van der Waals surface area (Å²) >= 11 is 0. The van der Waals surface area contributed by atoms with Gasteiger partial charge in [0.15, 0.2) is 0 Å². The van der Waals surface area contributed by atoms with Crippen molar-refractivity contribution in [2.24, 2.45) is 28.7 Å². The number of carbonyl (C=O) groups excluding carboxylic acids is 19. The van der Waals surface area contributed by atoms with Crippen LogP contribution in [0.1, 0.15) is 171 Å². The summed E-state index contributed by atoms with van der Waals surface area (Å²) in [6.45, 7) is 13.7. The van der Waals surface area contributed by atoms with Crippen molar-refractivity contribution in [1.29, 1.82) is 0 Å². The lowest BCUT2D eigenvalue weighted by Crippen LogP contribution is -2.65. The van der Waals surface area contributed by atoms with Gasteiger partial charge in [-0.25, -0.2) is 0 Å². The van der Waals surface area contributed by atoms with Gasteiger partial charge in [-0.1, -0.05) is 100 Å². The van der Waals surface area contributed by atoms with E-state index in [1.54, 1.807) is 66.9 Å². The van der Waals surface area contributed by atoms with Crippen molar-refractivity contribution in [2.75, 3.05) is 33.2 Å². The summed E-state index contributed by atoms with van der Waals surface area (Å²) in [5.74, 6) is -18.3. The molecule has 6 aromatic rings. The van der Waals surface area contributed by atoms with E-state index in [0.29, 0.717) is 33.0 Å². The number of rotatable bonds is 44. The normalized spacial score (nSPS) is 18.8. The van der Waals surface area contributed by atoms with E-state index < -0.39 is 214 Å². The zero-order chi connectivity index (χ0) is 101. The smallest absolute Gasteiger partial charge is 0.248 e. The Morgan fingerprint density at radius 2 is 1.15 bits per heavy atom. The second-order valence-electron chi connectivity index (χ2n) is 35.4. The third kappa shape index (κ3) is 34.3. The standard InChI is InChI=1S/C93H128N22O20S2/c1-50-22-20-26-62-61(48-102-74(50)62)44-67-82(127)104-63(27-14-18-38-100-52(3)117)80(125)113-77(92(8,9)137-136-91(6,7)76(103-54(5)119)87(132)109-69(46-72(96)121)84(129)112-75(51(2)116)86(131)107-67)88(133)108-65(41-55-29-33-59(34-30-55)78(98)123)81(126)105-66(42-56-31-32-58-24-12-13-25-60(58)40-56)85(130)114-93(10,35-16-17-36-94)90(135)111-64(28-15-19-39-101-53(4)118)79(124)106-68(45-71(95)120)83(128)110-70(43-57-23-21-37-99-47-57)89(134)115(11)49-73(97)122/h12-13,20-26,29-34,37,40,47-48,51,63-70,75-77,102,116H,14-19,27-28,35-36,38-39,41-46,49,94H2,1-11H3,(H2,95,120)(H2,96,121)(H2,97,122)(H2,98,123)(H,100,117)(H,101,118)(H,103,119)(H,104,127)(H,105,126)(H,106,124)(H,107,131)(H,108,133)(H,109,132)(H,110,128)(H,111,135)(H,112,129)(H,113,125)(H,114,130)/t51-,63+,64+,65+,66+,67+,68+,69+,70+,75+,76-,77-,93+/m1/s1. The SMILES string of the molecule is CC(=O)NCCCC[C@@H]1NC(=O)[C@H](Cc2c[nH]c3c(C)cccc23)NC(=O)[C@H]([C@@H](C)O)NC(=O)[C@H](CC(N)=O)NC(=O)[C@@H](NC(C)=O)C(C)(C)SSC(C)(C)[C@@H](C(=O)N[C@@H](Cc2ccc(C(N)=O)cc2)C(=O)N[C@@H](Cc2ccc3ccccc3c2)C(=O)N[C@@](C)(CCCCN)C(=O)N[C@@H](CCCCNC(C)=O)C(=O)N[C@@H](CC(N)=O)C(=O)N[C@@H](Cc2cccnc2)C(=O)N(C)CC(N)=O)NC1=O. The highest BCUT2D eigenvalue weighted by atomic mass is 33.1. The van der Waals surface area contributed by atoms with Gasteiger partial charge in [0.2, 0.25) is 112 Å². The van der Waals surface area contributed by atoms with E-state index in [-0.39, 0.29) is 120 Å². The van der Waals surface area contributed by atoms with Gasteiger partial charge >= 0.3 is 0 Å². The topological polar surface area (TPSA) is 675 Å². The van der Waals surface area contributed by atoms with Crippen LogP contribution >= 0.6 is 21.6 Å². The highest BCUT2D eigenvalue weighted by molar-refractivity contribution is 8.77. The highest BCUT2D eigenvalue weighted by Crippen LogP contribution is 2.47. The number of carbonyl (C=O) groups is 19. The van der Waals surface area contributed by atoms with Crippen molar-refractivity contribution in [3.63, 3.8) is 0 Å². The number of hydrogen-bond acceptors (Lipinski definition) is 24. The number of aryl methyl sites for hydroxylation is 1. The maximum atomic E-state index is 16.4. The monoisotopic (exact) mass is 1940 g/mol. The number of amides is 19. The Balaban J connectivity index is 1.36. The zero-order valence-corrected chi connectivity index (χ0v) is 80.3. The van der Waals surface area contributed by atoms with Crippen molar-refractivity contribution < 1.29 is 96.2 Å². The number of likely N-dealkylation sites (N-methyl/N-ethyl adjacent to an activating group) is 1. The van der Waals surface area contributed by atoms with E-state index in [0.717, 1.165) is 51.3 Å². The van der Waals surface area contributed by atoms with Crippen LogP contribution in [0.2, 0.25) is 0 Å². The molecule has 3 heterocycles. The maximum Gasteiger partial charge on any atom is 0.248 e. The van der Waals surface area contributed by atoms with Crippen LogP contribution in [0, 0.1) is 6.92 Å². The summed E-state index contributed by atoms with van der Waals surface area (Å²) in [6.07, 6.45) is -0.173. The summed E-state index contributed by atoms with van der Waals surface area (Å²) in [5.41, 5.74) is 29.6. The van der Waals surface area contributed by atoms with E-state index in [2.05, 4.69) is 84.4 Å². The minimum atomic E-state index is -2.09. The number of unbranched alkanes of at least 4 members (excludes halogenated alkanes) is 3. The molecular formula is C93H128N22O20S2. The average Bonchev–Trinajstić information content (AvgIpc) is 1.56. The Kier molecular flexibility index (Phi) is 41.8. The lowest BCUT2D eigenvalue weighted by molar-refractivity contribution is -0.139. The van der Waals surface area contributed by atoms with Crippen LogP contribution in [0.15, 0.2) is 116 Å². The molecule has 0 spiro atoms. The fourth-order valence-electron chi connectivity index (χ4n) is 15.3. The molecule has 2 aromatic heterocycles. The number of aromatic amines is 1. The number of aliphatic hydroxyl groups excluding tert-OH is 1. The molecule has 4 aromatic carbocycles. The number of primary amides is 4. The summed E-state index contributed by atoms with van der Waals surface area (Å²) in [4.78, 5) is 279. The molecule has 0 radical (unpaired) electrons. The molecule has 1 saturated heterocycles. The molecule has 19 amide bonds. The summed E-state index contributed by atoms with van der Waals surface area (Å²) in [6, 6.07) is 7.15. The lowest BCUT2D eigenvalue weighted by Gasteiger charge is -2.39. The van der Waals surface area contributed by atoms with Crippen LogP contribution in [0.3, 0.4) is 0 Å². The van der Waals surface area contributed by atoms with Crippen molar-refractivity contribution in [2.45, 2.75) is 253 Å². The van der Waals surface area contributed by atoms with Crippen LogP contribution in [0.25, 0.3) is 21.7 Å².